The Balaban J connectivity index is 1.41. The van der Waals surface area contributed by atoms with Crippen molar-refractivity contribution < 1.29 is 23.0 Å². The smallest absolute Gasteiger partial charge is 0.250 e. The van der Waals surface area contributed by atoms with E-state index in [0.29, 0.717) is 45.9 Å². The monoisotopic (exact) mass is 518 g/mol. The van der Waals surface area contributed by atoms with Crippen molar-refractivity contribution in [3.8, 4) is 34.1 Å². The average Bonchev–Trinajstić information content (AvgIpc) is 3.56. The summed E-state index contributed by atoms with van der Waals surface area (Å²) in [7, 11) is 3.02. The van der Waals surface area contributed by atoms with Crippen molar-refractivity contribution in [2.24, 2.45) is 0 Å². The third kappa shape index (κ3) is 5.29. The van der Waals surface area contributed by atoms with E-state index in [1.54, 1.807) is 32.4 Å². The van der Waals surface area contributed by atoms with Crippen LogP contribution in [0.25, 0.3) is 33.6 Å². The molecular formula is C27H23FN4O4S. The van der Waals surface area contributed by atoms with Crippen LogP contribution < -0.4 is 9.47 Å². The normalized spacial score (nSPS) is 11.0. The largest absolute Gasteiger partial charge is 0.496 e. The summed E-state index contributed by atoms with van der Waals surface area (Å²) in [6, 6.07) is 15.1. The summed E-state index contributed by atoms with van der Waals surface area (Å²) < 4.78 is 36.2. The van der Waals surface area contributed by atoms with E-state index in [9.17, 15) is 4.39 Å². The molecule has 2 N–H and O–H groups in total. The van der Waals surface area contributed by atoms with E-state index in [1.807, 2.05) is 36.4 Å². The van der Waals surface area contributed by atoms with Crippen LogP contribution in [0.1, 0.15) is 11.1 Å². The lowest BCUT2D eigenvalue weighted by Gasteiger charge is -2.10. The van der Waals surface area contributed by atoms with Gasteiger partial charge in [0.25, 0.3) is 5.23 Å². The first-order valence-corrected chi connectivity index (χ1v) is 12.1. The number of hydrogen-bond donors (Lipinski definition) is 2. The zero-order valence-corrected chi connectivity index (χ0v) is 21.1. The van der Waals surface area contributed by atoms with Gasteiger partial charge in [0.2, 0.25) is 5.95 Å². The number of rotatable bonds is 7. The standard InChI is InChI=1S/C27H23FN4O4S/c1-15-7-18(12-30-25(15)28)17-6-4-5-16(8-17)14-35-22-9-19(33-2)10-23-20(22)11-24(36-23)21-13-31-27(32-21)37-26(29)34-3/h4-13,29H,14H2,1-3H3,(H,31,32). The summed E-state index contributed by atoms with van der Waals surface area (Å²) in [6.45, 7) is 1.99. The second-order valence-electron chi connectivity index (χ2n) is 8.16. The average molecular weight is 519 g/mol. The number of thioether (sulfide) groups is 1. The number of imidazole rings is 1. The van der Waals surface area contributed by atoms with Crippen molar-refractivity contribution in [1.82, 2.24) is 15.0 Å². The van der Waals surface area contributed by atoms with Crippen LogP contribution in [0.3, 0.4) is 0 Å². The summed E-state index contributed by atoms with van der Waals surface area (Å²) in [5.74, 6) is 1.30. The van der Waals surface area contributed by atoms with Gasteiger partial charge in [-0.2, -0.15) is 4.39 Å². The fourth-order valence-corrected chi connectivity index (χ4v) is 4.31. The molecule has 0 aliphatic heterocycles. The SMILES string of the molecule is COC(=N)Sc1ncc(-c2cc3c(OCc4cccc(-c5cnc(F)c(C)c5)c4)cc(OC)cc3o2)[nH]1. The highest BCUT2D eigenvalue weighted by molar-refractivity contribution is 8.13. The van der Waals surface area contributed by atoms with Crippen molar-refractivity contribution in [1.29, 1.82) is 5.41 Å². The van der Waals surface area contributed by atoms with Crippen LogP contribution in [0.4, 0.5) is 4.39 Å². The van der Waals surface area contributed by atoms with Crippen molar-refractivity contribution in [2.45, 2.75) is 18.7 Å². The number of aromatic nitrogens is 3. The van der Waals surface area contributed by atoms with E-state index in [-0.39, 0.29) is 5.23 Å². The van der Waals surface area contributed by atoms with Gasteiger partial charge in [-0.25, -0.2) is 9.97 Å². The first-order valence-electron chi connectivity index (χ1n) is 11.2. The molecule has 0 radical (unpaired) electrons. The predicted molar refractivity (Wildman–Crippen MR) is 140 cm³/mol. The molecule has 2 aromatic carbocycles. The first kappa shape index (κ1) is 24.4. The number of fused-ring (bicyclic) bond motifs is 1. The number of methoxy groups -OCH3 is 2. The van der Waals surface area contributed by atoms with E-state index in [1.165, 1.54) is 13.3 Å². The van der Waals surface area contributed by atoms with Crippen LogP contribution in [0.15, 0.2) is 70.5 Å². The highest BCUT2D eigenvalue weighted by atomic mass is 32.2. The number of aromatic amines is 1. The molecule has 37 heavy (non-hydrogen) atoms. The summed E-state index contributed by atoms with van der Waals surface area (Å²) in [5, 5.41) is 8.98. The number of benzene rings is 2. The minimum atomic E-state index is -0.468. The Morgan fingerprint density at radius 1 is 1.08 bits per heavy atom. The van der Waals surface area contributed by atoms with Gasteiger partial charge in [-0.3, -0.25) is 5.41 Å². The molecule has 0 saturated heterocycles. The molecule has 5 rings (SSSR count). The quantitative estimate of drug-likeness (QED) is 0.108. The lowest BCUT2D eigenvalue weighted by Crippen LogP contribution is -1.97. The summed E-state index contributed by atoms with van der Waals surface area (Å²) in [4.78, 5) is 11.2. The van der Waals surface area contributed by atoms with E-state index in [0.717, 1.165) is 33.8 Å². The van der Waals surface area contributed by atoms with E-state index >= 15 is 0 Å². The molecule has 10 heteroatoms. The molecule has 8 nitrogen and oxygen atoms in total. The fraction of sp³-hybridized carbons (Fsp3) is 0.148. The van der Waals surface area contributed by atoms with Gasteiger partial charge >= 0.3 is 0 Å². The third-order valence-corrected chi connectivity index (χ3v) is 6.42. The maximum Gasteiger partial charge on any atom is 0.250 e. The van der Waals surface area contributed by atoms with Crippen molar-refractivity contribution in [2.75, 3.05) is 14.2 Å². The van der Waals surface area contributed by atoms with Crippen molar-refractivity contribution in [3.05, 3.63) is 78.0 Å². The molecule has 0 aliphatic rings. The maximum absolute atomic E-state index is 13.6. The Labute approximate surface area is 216 Å². The van der Waals surface area contributed by atoms with Gasteiger partial charge in [0.05, 0.1) is 25.8 Å². The number of pyridine rings is 1. The van der Waals surface area contributed by atoms with E-state index in [2.05, 4.69) is 15.0 Å². The molecule has 0 spiro atoms. The van der Waals surface area contributed by atoms with Gasteiger partial charge in [-0.05, 0) is 36.2 Å². The Hall–Kier alpha value is -4.31. The summed E-state index contributed by atoms with van der Waals surface area (Å²) >= 11 is 1.07. The fourth-order valence-electron chi connectivity index (χ4n) is 3.78. The lowest BCUT2D eigenvalue weighted by atomic mass is 10.0. The van der Waals surface area contributed by atoms with Crippen molar-refractivity contribution >= 4 is 28.0 Å². The molecular weight excluding hydrogens is 495 g/mol. The number of ether oxygens (including phenoxy) is 3. The molecule has 3 aromatic heterocycles. The maximum atomic E-state index is 13.6. The molecule has 0 atom stereocenters. The Bertz CT molecular complexity index is 1600. The van der Waals surface area contributed by atoms with Gasteiger partial charge in [-0.1, -0.05) is 18.2 Å². The minimum absolute atomic E-state index is 0.0285. The number of nitrogens with one attached hydrogen (secondary N) is 2. The first-order chi connectivity index (χ1) is 17.9. The molecule has 188 valence electrons. The molecule has 0 bridgehead atoms. The molecule has 3 heterocycles. The van der Waals surface area contributed by atoms with Crippen LogP contribution in [0.5, 0.6) is 11.5 Å². The highest BCUT2D eigenvalue weighted by Gasteiger charge is 2.16. The number of H-pyrrole nitrogens is 1. The zero-order chi connectivity index (χ0) is 25.9. The molecule has 0 amide bonds. The zero-order valence-electron chi connectivity index (χ0n) is 20.3. The van der Waals surface area contributed by atoms with Crippen LogP contribution >= 0.6 is 11.8 Å². The van der Waals surface area contributed by atoms with Crippen LogP contribution in [-0.4, -0.2) is 34.4 Å². The second kappa shape index (κ2) is 10.4. The molecule has 0 unspecified atom stereocenters. The molecule has 0 saturated carbocycles. The van der Waals surface area contributed by atoms with Gasteiger partial charge in [0.15, 0.2) is 10.9 Å². The molecule has 0 aliphatic carbocycles. The second-order valence-corrected chi connectivity index (χ2v) is 9.13. The van der Waals surface area contributed by atoms with Gasteiger partial charge in [0.1, 0.15) is 29.4 Å². The highest BCUT2D eigenvalue weighted by Crippen LogP contribution is 2.37. The van der Waals surface area contributed by atoms with Crippen LogP contribution in [0, 0.1) is 18.3 Å². The third-order valence-electron chi connectivity index (χ3n) is 5.67. The molecule has 5 aromatic rings. The van der Waals surface area contributed by atoms with Crippen LogP contribution in [0.2, 0.25) is 0 Å². The Morgan fingerprint density at radius 2 is 1.95 bits per heavy atom. The van der Waals surface area contributed by atoms with Crippen molar-refractivity contribution in [3.63, 3.8) is 0 Å². The number of hydrogen-bond acceptors (Lipinski definition) is 8. The van der Waals surface area contributed by atoms with Gasteiger partial charge < -0.3 is 23.6 Å². The summed E-state index contributed by atoms with van der Waals surface area (Å²) in [5.41, 5.74) is 4.45. The molecule has 0 fully saturated rings. The van der Waals surface area contributed by atoms with Gasteiger partial charge in [0, 0.05) is 41.2 Å². The topological polar surface area (TPSA) is 106 Å². The van der Waals surface area contributed by atoms with Gasteiger partial charge in [-0.15, -0.1) is 0 Å². The lowest BCUT2D eigenvalue weighted by molar-refractivity contribution is 0.307. The summed E-state index contributed by atoms with van der Waals surface area (Å²) in [6.07, 6.45) is 3.16. The van der Waals surface area contributed by atoms with E-state index < -0.39 is 5.95 Å². The van der Waals surface area contributed by atoms with E-state index in [4.69, 9.17) is 24.0 Å². The number of furan rings is 1. The Kier molecular flexibility index (Phi) is 6.82. The number of halogens is 1. The predicted octanol–water partition coefficient (Wildman–Crippen LogP) is 6.59. The van der Waals surface area contributed by atoms with Crippen LogP contribution in [-0.2, 0) is 11.3 Å². The Morgan fingerprint density at radius 3 is 2.73 bits per heavy atom. The number of aryl methyl sites for hydroxylation is 1. The number of nitrogens with zero attached hydrogens (tertiary/aromatic N) is 2. The minimum Gasteiger partial charge on any atom is -0.496 e.